The van der Waals surface area contributed by atoms with E-state index in [1.807, 2.05) is 13.0 Å². The molecule has 0 bridgehead atoms. The van der Waals surface area contributed by atoms with Gasteiger partial charge in [0.15, 0.2) is 0 Å². The maximum atomic E-state index is 5.80. The molecule has 1 atom stereocenters. The molecule has 4 heteroatoms. The molecule has 1 heterocycles. The lowest BCUT2D eigenvalue weighted by atomic mass is 10.2. The number of hydrogen-bond acceptors (Lipinski definition) is 4. The van der Waals surface area contributed by atoms with Crippen LogP contribution in [0.15, 0.2) is 12.3 Å². The molecule has 4 nitrogen and oxygen atoms in total. The highest BCUT2D eigenvalue weighted by Gasteiger charge is 2.04. The minimum absolute atomic E-state index is 0.467. The van der Waals surface area contributed by atoms with Gasteiger partial charge in [-0.2, -0.15) is 0 Å². The average Bonchev–Trinajstić information content (AvgIpc) is 2.19. The first-order valence-electron chi connectivity index (χ1n) is 5.13. The minimum Gasteiger partial charge on any atom is -0.398 e. The Hall–Kier alpha value is -1.29. The van der Waals surface area contributed by atoms with Gasteiger partial charge in [0.05, 0.1) is 0 Å². The Morgan fingerprint density at radius 1 is 1.53 bits per heavy atom. The molecule has 0 aliphatic heterocycles. The maximum absolute atomic E-state index is 5.80. The Bertz CT molecular complexity index is 322. The average molecular weight is 208 g/mol. The molecule has 0 aliphatic carbocycles. The molecule has 1 aromatic rings. The van der Waals surface area contributed by atoms with Crippen molar-refractivity contribution in [2.24, 2.45) is 0 Å². The molecule has 15 heavy (non-hydrogen) atoms. The van der Waals surface area contributed by atoms with Gasteiger partial charge >= 0.3 is 0 Å². The summed E-state index contributed by atoms with van der Waals surface area (Å²) in [6.45, 7) is 4.97. The zero-order chi connectivity index (χ0) is 11.4. The van der Waals surface area contributed by atoms with Crippen molar-refractivity contribution in [1.29, 1.82) is 0 Å². The third kappa shape index (κ3) is 3.40. The number of nitrogen functional groups attached to an aromatic ring is 1. The Balaban J connectivity index is 2.55. The second-order valence-corrected chi connectivity index (χ2v) is 4.12. The van der Waals surface area contributed by atoms with Crippen molar-refractivity contribution in [1.82, 2.24) is 9.88 Å². The molecule has 0 aliphatic rings. The summed E-state index contributed by atoms with van der Waals surface area (Å²) in [7, 11) is 4.12. The first-order chi connectivity index (χ1) is 7.00. The van der Waals surface area contributed by atoms with Gasteiger partial charge in [-0.1, -0.05) is 0 Å². The molecule has 0 saturated carbocycles. The van der Waals surface area contributed by atoms with Gasteiger partial charge in [0.2, 0.25) is 0 Å². The first kappa shape index (κ1) is 11.8. The van der Waals surface area contributed by atoms with Crippen LogP contribution in [-0.2, 0) is 0 Å². The van der Waals surface area contributed by atoms with E-state index in [2.05, 4.69) is 36.2 Å². The number of hydrogen-bond donors (Lipinski definition) is 2. The second-order valence-electron chi connectivity index (χ2n) is 4.12. The van der Waals surface area contributed by atoms with Crippen molar-refractivity contribution in [3.8, 4) is 0 Å². The molecule has 1 unspecified atom stereocenters. The lowest BCUT2D eigenvalue weighted by Gasteiger charge is -2.20. The summed E-state index contributed by atoms with van der Waals surface area (Å²) in [5.41, 5.74) is 7.59. The molecule has 0 amide bonds. The SMILES string of the molecule is Cc1cnc(NCC(C)N(C)C)cc1N. The van der Waals surface area contributed by atoms with Crippen LogP contribution < -0.4 is 11.1 Å². The number of pyridine rings is 1. The Morgan fingerprint density at radius 3 is 2.73 bits per heavy atom. The van der Waals surface area contributed by atoms with Crippen molar-refractivity contribution in [2.75, 3.05) is 31.7 Å². The zero-order valence-electron chi connectivity index (χ0n) is 9.91. The van der Waals surface area contributed by atoms with Gasteiger partial charge in [0, 0.05) is 30.5 Å². The summed E-state index contributed by atoms with van der Waals surface area (Å²) in [4.78, 5) is 6.42. The van der Waals surface area contributed by atoms with E-state index in [0.29, 0.717) is 6.04 Å². The third-order valence-corrected chi connectivity index (χ3v) is 2.60. The Kier molecular flexibility index (Phi) is 3.91. The van der Waals surface area contributed by atoms with Gasteiger partial charge in [-0.3, -0.25) is 0 Å². The molecule has 1 rings (SSSR count). The van der Waals surface area contributed by atoms with Crippen molar-refractivity contribution < 1.29 is 0 Å². The van der Waals surface area contributed by atoms with Gasteiger partial charge in [-0.15, -0.1) is 0 Å². The highest BCUT2D eigenvalue weighted by atomic mass is 15.1. The van der Waals surface area contributed by atoms with Crippen molar-refractivity contribution in [2.45, 2.75) is 19.9 Å². The summed E-state index contributed by atoms with van der Waals surface area (Å²) >= 11 is 0. The van der Waals surface area contributed by atoms with Crippen LogP contribution in [0.3, 0.4) is 0 Å². The molecule has 3 N–H and O–H groups in total. The smallest absolute Gasteiger partial charge is 0.128 e. The van der Waals surface area contributed by atoms with Crippen LogP contribution in [0.25, 0.3) is 0 Å². The monoisotopic (exact) mass is 208 g/mol. The maximum Gasteiger partial charge on any atom is 0.128 e. The third-order valence-electron chi connectivity index (χ3n) is 2.60. The van der Waals surface area contributed by atoms with Crippen LogP contribution in [0.5, 0.6) is 0 Å². The van der Waals surface area contributed by atoms with Crippen LogP contribution >= 0.6 is 0 Å². The van der Waals surface area contributed by atoms with E-state index < -0.39 is 0 Å². The normalized spacial score (nSPS) is 12.9. The fraction of sp³-hybridized carbons (Fsp3) is 0.545. The number of rotatable bonds is 4. The van der Waals surface area contributed by atoms with Gasteiger partial charge in [0.1, 0.15) is 5.82 Å². The van der Waals surface area contributed by atoms with Crippen LogP contribution in [0, 0.1) is 6.92 Å². The zero-order valence-corrected chi connectivity index (χ0v) is 9.91. The van der Waals surface area contributed by atoms with E-state index >= 15 is 0 Å². The lowest BCUT2D eigenvalue weighted by Crippen LogP contribution is -2.31. The molecular weight excluding hydrogens is 188 g/mol. The van der Waals surface area contributed by atoms with Crippen LogP contribution in [0.1, 0.15) is 12.5 Å². The van der Waals surface area contributed by atoms with Crippen LogP contribution in [0.4, 0.5) is 11.5 Å². The van der Waals surface area contributed by atoms with E-state index in [1.54, 1.807) is 6.20 Å². The quantitative estimate of drug-likeness (QED) is 0.784. The number of aromatic nitrogens is 1. The van der Waals surface area contributed by atoms with E-state index in [0.717, 1.165) is 23.6 Å². The Labute approximate surface area is 91.5 Å². The van der Waals surface area contributed by atoms with Gasteiger partial charge in [0.25, 0.3) is 0 Å². The number of nitrogens with one attached hydrogen (secondary N) is 1. The number of aryl methyl sites for hydroxylation is 1. The van der Waals surface area contributed by atoms with Crippen molar-refractivity contribution >= 4 is 11.5 Å². The Morgan fingerprint density at radius 2 is 2.20 bits per heavy atom. The number of nitrogens with zero attached hydrogens (tertiary/aromatic N) is 2. The molecule has 84 valence electrons. The van der Waals surface area contributed by atoms with Crippen LogP contribution in [0.2, 0.25) is 0 Å². The van der Waals surface area contributed by atoms with Crippen molar-refractivity contribution in [3.05, 3.63) is 17.8 Å². The fourth-order valence-electron chi connectivity index (χ4n) is 1.07. The molecule has 0 aromatic carbocycles. The fourth-order valence-corrected chi connectivity index (χ4v) is 1.07. The lowest BCUT2D eigenvalue weighted by molar-refractivity contribution is 0.326. The number of anilines is 2. The molecule has 0 radical (unpaired) electrons. The predicted molar refractivity (Wildman–Crippen MR) is 65.0 cm³/mol. The molecule has 0 saturated heterocycles. The van der Waals surface area contributed by atoms with E-state index in [9.17, 15) is 0 Å². The molecule has 0 fully saturated rings. The van der Waals surface area contributed by atoms with E-state index in [4.69, 9.17) is 5.73 Å². The first-order valence-corrected chi connectivity index (χ1v) is 5.13. The molecule has 0 spiro atoms. The number of likely N-dealkylation sites (N-methyl/N-ethyl adjacent to an activating group) is 1. The summed E-state index contributed by atoms with van der Waals surface area (Å²) in [5, 5.41) is 3.26. The predicted octanol–water partition coefficient (Wildman–Crippen LogP) is 1.33. The highest BCUT2D eigenvalue weighted by molar-refractivity contribution is 5.53. The summed E-state index contributed by atoms with van der Waals surface area (Å²) in [5.74, 6) is 0.840. The van der Waals surface area contributed by atoms with Crippen LogP contribution in [-0.4, -0.2) is 36.6 Å². The second kappa shape index (κ2) is 4.98. The van der Waals surface area contributed by atoms with E-state index in [1.165, 1.54) is 0 Å². The van der Waals surface area contributed by atoms with E-state index in [-0.39, 0.29) is 0 Å². The highest BCUT2D eigenvalue weighted by Crippen LogP contribution is 2.13. The van der Waals surface area contributed by atoms with Gasteiger partial charge < -0.3 is 16.0 Å². The summed E-state index contributed by atoms with van der Waals surface area (Å²) in [6.07, 6.45) is 1.79. The largest absolute Gasteiger partial charge is 0.398 e. The molecule has 1 aromatic heterocycles. The standard InChI is InChI=1S/C11H20N4/c1-8-6-13-11(5-10(8)12)14-7-9(2)15(3)4/h5-6,9H,7H2,1-4H3,(H3,12,13,14). The van der Waals surface area contributed by atoms with Gasteiger partial charge in [-0.05, 0) is 33.5 Å². The summed E-state index contributed by atoms with van der Waals surface area (Å²) < 4.78 is 0. The summed E-state index contributed by atoms with van der Waals surface area (Å²) in [6, 6.07) is 2.34. The van der Waals surface area contributed by atoms with Gasteiger partial charge in [-0.25, -0.2) is 4.98 Å². The molecular formula is C11H20N4. The minimum atomic E-state index is 0.467. The number of nitrogens with two attached hydrogens (primary N) is 1. The van der Waals surface area contributed by atoms with Crippen molar-refractivity contribution in [3.63, 3.8) is 0 Å². The topological polar surface area (TPSA) is 54.2 Å².